The van der Waals surface area contributed by atoms with Crippen molar-refractivity contribution in [2.24, 2.45) is 0 Å². The van der Waals surface area contributed by atoms with Gasteiger partial charge in [0, 0.05) is 22.3 Å². The molecular weight excluding hydrogens is 609 g/mol. The van der Waals surface area contributed by atoms with E-state index in [0.717, 1.165) is 33.4 Å². The smallest absolute Gasteiger partial charge is 0.121 e. The van der Waals surface area contributed by atoms with E-state index in [1.165, 1.54) is 37.8 Å². The molecule has 0 spiro atoms. The van der Waals surface area contributed by atoms with Crippen LogP contribution in [0.5, 0.6) is 0 Å². The van der Waals surface area contributed by atoms with Gasteiger partial charge < -0.3 is 0 Å². The summed E-state index contributed by atoms with van der Waals surface area (Å²) in [5.41, 5.74) is 14.8. The standard InChI is InChI=1S/C46H36Si2/c1-6-35-21-13-15-25-38(35)42-33-41(36-22-11-8-12-23-36)46-45(40-26-16-18-28-44(40)48(46,4)5)39(42)30-29-37-24-14-17-27-43(37)47(2,3)32-31-34-19-9-7-10-20-34/h1,7-28,33H,2-5H3. The van der Waals surface area contributed by atoms with Crippen molar-refractivity contribution in [3.8, 4) is 69.0 Å². The number of fused-ring (bicyclic) bond motifs is 3. The predicted octanol–water partition coefficient (Wildman–Crippen LogP) is 8.71. The van der Waals surface area contributed by atoms with Crippen molar-refractivity contribution in [2.45, 2.75) is 26.2 Å². The van der Waals surface area contributed by atoms with E-state index in [9.17, 15) is 0 Å². The van der Waals surface area contributed by atoms with Crippen LogP contribution in [0, 0.1) is 35.6 Å². The molecule has 0 N–H and O–H groups in total. The minimum Gasteiger partial charge on any atom is -0.121 e. The van der Waals surface area contributed by atoms with E-state index >= 15 is 0 Å². The molecule has 0 atom stereocenters. The van der Waals surface area contributed by atoms with Gasteiger partial charge in [-0.15, -0.1) is 12.0 Å². The highest BCUT2D eigenvalue weighted by molar-refractivity contribution is 7.04. The highest BCUT2D eigenvalue weighted by Gasteiger charge is 2.41. The number of rotatable bonds is 3. The molecule has 48 heavy (non-hydrogen) atoms. The Kier molecular flexibility index (Phi) is 8.13. The van der Waals surface area contributed by atoms with E-state index in [2.05, 4.69) is 165 Å². The third kappa shape index (κ3) is 5.55. The van der Waals surface area contributed by atoms with Gasteiger partial charge in [-0.3, -0.25) is 0 Å². The Morgan fingerprint density at radius 2 is 1.17 bits per heavy atom. The lowest BCUT2D eigenvalue weighted by atomic mass is 9.86. The summed E-state index contributed by atoms with van der Waals surface area (Å²) in [5.74, 6) is 13.9. The molecule has 0 radical (unpaired) electrons. The molecule has 0 aliphatic carbocycles. The van der Waals surface area contributed by atoms with Crippen molar-refractivity contribution in [3.63, 3.8) is 0 Å². The number of benzene rings is 6. The van der Waals surface area contributed by atoms with Crippen molar-refractivity contribution in [1.29, 1.82) is 0 Å². The van der Waals surface area contributed by atoms with Crippen LogP contribution in [0.15, 0.2) is 140 Å². The predicted molar refractivity (Wildman–Crippen MR) is 210 cm³/mol. The van der Waals surface area contributed by atoms with Gasteiger partial charge in [-0.05, 0) is 79.3 Å². The zero-order valence-corrected chi connectivity index (χ0v) is 29.9. The number of hydrogen-bond acceptors (Lipinski definition) is 0. The minimum atomic E-state index is -2.17. The second-order valence-electron chi connectivity index (χ2n) is 13.4. The lowest BCUT2D eigenvalue weighted by Crippen LogP contribution is -2.50. The third-order valence-corrected chi connectivity index (χ3v) is 15.6. The van der Waals surface area contributed by atoms with Crippen LogP contribution in [0.2, 0.25) is 26.2 Å². The highest BCUT2D eigenvalue weighted by Crippen LogP contribution is 2.41. The molecule has 0 nitrogen and oxygen atoms in total. The number of hydrogen-bond donors (Lipinski definition) is 0. The first-order valence-electron chi connectivity index (χ1n) is 16.4. The van der Waals surface area contributed by atoms with Crippen LogP contribution in [-0.2, 0) is 0 Å². The summed E-state index contributed by atoms with van der Waals surface area (Å²) in [4.78, 5) is 0. The van der Waals surface area contributed by atoms with Gasteiger partial charge in [0.2, 0.25) is 0 Å². The summed E-state index contributed by atoms with van der Waals surface area (Å²) in [5, 5.41) is 4.14. The van der Waals surface area contributed by atoms with Crippen LogP contribution < -0.4 is 15.6 Å². The van der Waals surface area contributed by atoms with E-state index in [4.69, 9.17) is 6.42 Å². The minimum absolute atomic E-state index is 0.868. The Bertz CT molecular complexity index is 2350. The quantitative estimate of drug-likeness (QED) is 0.134. The molecule has 0 saturated heterocycles. The van der Waals surface area contributed by atoms with Crippen LogP contribution in [-0.4, -0.2) is 16.1 Å². The molecule has 0 unspecified atom stereocenters. The summed E-state index contributed by atoms with van der Waals surface area (Å²) < 4.78 is 0. The van der Waals surface area contributed by atoms with Gasteiger partial charge in [0.25, 0.3) is 0 Å². The van der Waals surface area contributed by atoms with E-state index in [-0.39, 0.29) is 0 Å². The average molecular weight is 645 g/mol. The second-order valence-corrected chi connectivity index (χ2v) is 21.7. The largest absolute Gasteiger partial charge is 0.164 e. The summed E-state index contributed by atoms with van der Waals surface area (Å²) >= 11 is 0. The van der Waals surface area contributed by atoms with Crippen molar-refractivity contribution < 1.29 is 0 Å². The van der Waals surface area contributed by atoms with Crippen LogP contribution in [0.3, 0.4) is 0 Å². The fourth-order valence-corrected chi connectivity index (χ4v) is 12.5. The highest BCUT2D eigenvalue weighted by atomic mass is 28.3. The number of terminal acetylenes is 1. The summed E-state index contributed by atoms with van der Waals surface area (Å²) in [7, 11) is -4.27. The van der Waals surface area contributed by atoms with Crippen molar-refractivity contribution in [3.05, 3.63) is 162 Å². The lowest BCUT2D eigenvalue weighted by Gasteiger charge is -2.24. The van der Waals surface area contributed by atoms with Crippen LogP contribution in [0.25, 0.3) is 33.4 Å². The summed E-state index contributed by atoms with van der Waals surface area (Å²) in [6, 6.07) is 49.2. The average Bonchev–Trinajstić information content (AvgIpc) is 3.37. The molecule has 0 saturated carbocycles. The molecule has 0 bridgehead atoms. The Morgan fingerprint density at radius 1 is 0.562 bits per heavy atom. The van der Waals surface area contributed by atoms with Crippen molar-refractivity contribution in [1.82, 2.24) is 0 Å². The molecule has 0 amide bonds. The lowest BCUT2D eigenvalue weighted by molar-refractivity contribution is 1.55. The van der Waals surface area contributed by atoms with Crippen LogP contribution in [0.1, 0.15) is 22.3 Å². The van der Waals surface area contributed by atoms with E-state index in [1.807, 2.05) is 30.3 Å². The SMILES string of the molecule is C#Cc1ccccc1-c1cc(-c2ccccc2)c2c(c1C#Cc1ccccc1[Si](C)(C)C#Cc1ccccc1)-c1ccccc1[Si]2(C)C. The zero-order chi connectivity index (χ0) is 33.3. The van der Waals surface area contributed by atoms with Gasteiger partial charge in [-0.25, -0.2) is 0 Å². The fraction of sp³-hybridized carbons (Fsp3) is 0.0870. The maximum absolute atomic E-state index is 6.14. The van der Waals surface area contributed by atoms with Gasteiger partial charge >= 0.3 is 0 Å². The van der Waals surface area contributed by atoms with E-state index in [1.54, 1.807) is 0 Å². The van der Waals surface area contributed by atoms with Gasteiger partial charge in [-0.1, -0.05) is 159 Å². The monoisotopic (exact) mass is 644 g/mol. The van der Waals surface area contributed by atoms with Gasteiger partial charge in [-0.2, -0.15) is 0 Å². The van der Waals surface area contributed by atoms with Gasteiger partial charge in [0.1, 0.15) is 8.07 Å². The maximum atomic E-state index is 6.14. The van der Waals surface area contributed by atoms with Crippen molar-refractivity contribution in [2.75, 3.05) is 0 Å². The molecule has 1 aliphatic rings. The molecule has 0 fully saturated rings. The molecule has 7 rings (SSSR count). The fourth-order valence-electron chi connectivity index (χ4n) is 7.10. The molecule has 0 aromatic heterocycles. The van der Waals surface area contributed by atoms with E-state index in [0.29, 0.717) is 0 Å². The summed E-state index contributed by atoms with van der Waals surface area (Å²) in [6.45, 7) is 9.58. The van der Waals surface area contributed by atoms with Crippen LogP contribution in [0.4, 0.5) is 0 Å². The topological polar surface area (TPSA) is 0 Å². The van der Waals surface area contributed by atoms with Crippen LogP contribution >= 0.6 is 0 Å². The molecule has 1 heterocycles. The molecule has 2 heteroatoms. The van der Waals surface area contributed by atoms with Gasteiger partial charge in [0.05, 0.1) is 0 Å². The Balaban J connectivity index is 1.52. The van der Waals surface area contributed by atoms with Crippen molar-refractivity contribution >= 4 is 31.7 Å². The normalized spacial score (nSPS) is 12.4. The first-order chi connectivity index (χ1) is 23.3. The first-order valence-corrected chi connectivity index (χ1v) is 22.4. The Labute approximate surface area is 287 Å². The summed E-state index contributed by atoms with van der Waals surface area (Å²) in [6.07, 6.45) is 6.14. The maximum Gasteiger partial charge on any atom is 0.164 e. The molecule has 6 aromatic carbocycles. The van der Waals surface area contributed by atoms with E-state index < -0.39 is 16.1 Å². The third-order valence-electron chi connectivity index (χ3n) is 9.50. The molecule has 228 valence electrons. The second kappa shape index (κ2) is 12.6. The molecule has 6 aromatic rings. The Hall–Kier alpha value is -5.57. The van der Waals surface area contributed by atoms with Gasteiger partial charge in [0.15, 0.2) is 8.07 Å². The molecule has 1 aliphatic heterocycles. The Morgan fingerprint density at radius 3 is 1.90 bits per heavy atom. The zero-order valence-electron chi connectivity index (χ0n) is 27.9. The first kappa shape index (κ1) is 31.1. The molecular formula is C46H36Si2.